The lowest BCUT2D eigenvalue weighted by Crippen LogP contribution is -2.35. The van der Waals surface area contributed by atoms with Gasteiger partial charge in [0.15, 0.2) is 0 Å². The minimum Gasteiger partial charge on any atom is -0.356 e. The van der Waals surface area contributed by atoms with Gasteiger partial charge in [0.25, 0.3) is 0 Å². The lowest BCUT2D eigenvalue weighted by atomic mass is 9.92. The van der Waals surface area contributed by atoms with Crippen molar-refractivity contribution in [3.05, 3.63) is 0 Å². The molecule has 1 spiro atoms. The van der Waals surface area contributed by atoms with E-state index in [1.807, 2.05) is 0 Å². The molecule has 2 aliphatic rings. The average Bonchev–Trinajstić information content (AvgIpc) is 3.08. The molecule has 0 aromatic rings. The number of nitrogens with one attached hydrogen (secondary N) is 2. The summed E-state index contributed by atoms with van der Waals surface area (Å²) in [5, 5.41) is 6.50. The number of hydrogen-bond donors (Lipinski definition) is 2. The standard InChI is InChI=1S/C15H29N3O/c1-12(2)18(3)10-4-7-17-14(19)13-11-15(13)5-8-16-9-6-15/h12-13,16H,4-11H2,1-3H3,(H,17,19). The highest BCUT2D eigenvalue weighted by Crippen LogP contribution is 2.58. The van der Waals surface area contributed by atoms with Crippen LogP contribution in [0.3, 0.4) is 0 Å². The van der Waals surface area contributed by atoms with Crippen molar-refractivity contribution in [3.8, 4) is 0 Å². The van der Waals surface area contributed by atoms with E-state index in [1.54, 1.807) is 0 Å². The van der Waals surface area contributed by atoms with Gasteiger partial charge in [0.05, 0.1) is 0 Å². The van der Waals surface area contributed by atoms with Crippen molar-refractivity contribution in [1.29, 1.82) is 0 Å². The van der Waals surface area contributed by atoms with E-state index >= 15 is 0 Å². The molecule has 0 aromatic carbocycles. The largest absolute Gasteiger partial charge is 0.356 e. The Morgan fingerprint density at radius 1 is 1.42 bits per heavy atom. The average molecular weight is 267 g/mol. The van der Waals surface area contributed by atoms with E-state index in [4.69, 9.17) is 0 Å². The van der Waals surface area contributed by atoms with Gasteiger partial charge in [-0.3, -0.25) is 4.79 Å². The van der Waals surface area contributed by atoms with E-state index < -0.39 is 0 Å². The van der Waals surface area contributed by atoms with Crippen LogP contribution in [0.5, 0.6) is 0 Å². The van der Waals surface area contributed by atoms with Crippen molar-refractivity contribution >= 4 is 5.91 Å². The summed E-state index contributed by atoms with van der Waals surface area (Å²) in [6.07, 6.45) is 4.52. The molecule has 1 unspecified atom stereocenters. The number of rotatable bonds is 6. The Balaban J connectivity index is 1.61. The number of nitrogens with zero attached hydrogens (tertiary/aromatic N) is 1. The van der Waals surface area contributed by atoms with Gasteiger partial charge in [-0.2, -0.15) is 0 Å². The second kappa shape index (κ2) is 6.23. The molecule has 1 amide bonds. The van der Waals surface area contributed by atoms with E-state index in [0.717, 1.165) is 39.0 Å². The molecular weight excluding hydrogens is 238 g/mol. The predicted octanol–water partition coefficient (Wildman–Crippen LogP) is 1.22. The van der Waals surface area contributed by atoms with Gasteiger partial charge < -0.3 is 15.5 Å². The van der Waals surface area contributed by atoms with E-state index in [2.05, 4.69) is 36.4 Å². The van der Waals surface area contributed by atoms with Gasteiger partial charge in [0.2, 0.25) is 5.91 Å². The van der Waals surface area contributed by atoms with Crippen molar-refractivity contribution in [2.45, 2.75) is 45.6 Å². The molecule has 110 valence electrons. The molecule has 1 aliphatic carbocycles. The third-order valence-electron chi connectivity index (χ3n) is 4.97. The number of carbonyl (C=O) groups excluding carboxylic acids is 1. The molecule has 4 heteroatoms. The lowest BCUT2D eigenvalue weighted by Gasteiger charge is -2.23. The number of carbonyl (C=O) groups is 1. The molecule has 19 heavy (non-hydrogen) atoms. The topological polar surface area (TPSA) is 44.4 Å². The summed E-state index contributed by atoms with van der Waals surface area (Å²) < 4.78 is 0. The fourth-order valence-corrected chi connectivity index (χ4v) is 3.12. The molecule has 1 saturated carbocycles. The predicted molar refractivity (Wildman–Crippen MR) is 78.0 cm³/mol. The minimum atomic E-state index is 0.300. The smallest absolute Gasteiger partial charge is 0.223 e. The van der Waals surface area contributed by atoms with E-state index in [-0.39, 0.29) is 0 Å². The van der Waals surface area contributed by atoms with Crippen LogP contribution in [0.2, 0.25) is 0 Å². The second-order valence-corrected chi connectivity index (χ2v) is 6.59. The third kappa shape index (κ3) is 3.69. The lowest BCUT2D eigenvalue weighted by molar-refractivity contribution is -0.123. The summed E-state index contributed by atoms with van der Waals surface area (Å²) in [6, 6.07) is 0.581. The first-order chi connectivity index (χ1) is 9.05. The van der Waals surface area contributed by atoms with Gasteiger partial charge in [0, 0.05) is 18.5 Å². The monoisotopic (exact) mass is 267 g/mol. The highest BCUT2D eigenvalue weighted by molar-refractivity contribution is 5.82. The summed E-state index contributed by atoms with van der Waals surface area (Å²) in [5.74, 6) is 0.603. The van der Waals surface area contributed by atoms with Crippen LogP contribution in [0.25, 0.3) is 0 Å². The van der Waals surface area contributed by atoms with E-state index in [9.17, 15) is 4.79 Å². The van der Waals surface area contributed by atoms with Crippen LogP contribution in [0.4, 0.5) is 0 Å². The summed E-state index contributed by atoms with van der Waals surface area (Å²) in [6.45, 7) is 8.44. The van der Waals surface area contributed by atoms with Gasteiger partial charge in [-0.25, -0.2) is 0 Å². The third-order valence-corrected chi connectivity index (χ3v) is 4.97. The van der Waals surface area contributed by atoms with Crippen LogP contribution in [0.1, 0.15) is 39.5 Å². The number of amides is 1. The molecular formula is C15H29N3O. The second-order valence-electron chi connectivity index (χ2n) is 6.59. The Kier molecular flexibility index (Phi) is 4.85. The summed E-state index contributed by atoms with van der Waals surface area (Å²) in [7, 11) is 2.14. The summed E-state index contributed by atoms with van der Waals surface area (Å²) >= 11 is 0. The molecule has 2 fully saturated rings. The maximum Gasteiger partial charge on any atom is 0.223 e. The van der Waals surface area contributed by atoms with Gasteiger partial charge in [0.1, 0.15) is 0 Å². The minimum absolute atomic E-state index is 0.300. The molecule has 0 aromatic heterocycles. The maximum absolute atomic E-state index is 12.1. The highest BCUT2D eigenvalue weighted by Gasteiger charge is 2.57. The molecule has 1 heterocycles. The first-order valence-electron chi connectivity index (χ1n) is 7.74. The highest BCUT2D eigenvalue weighted by atomic mass is 16.2. The van der Waals surface area contributed by atoms with Gasteiger partial charge in [-0.1, -0.05) is 0 Å². The fourth-order valence-electron chi connectivity index (χ4n) is 3.12. The van der Waals surface area contributed by atoms with Crippen LogP contribution in [-0.2, 0) is 4.79 Å². The maximum atomic E-state index is 12.1. The van der Waals surface area contributed by atoms with Crippen molar-refractivity contribution in [2.75, 3.05) is 33.2 Å². The van der Waals surface area contributed by atoms with Crippen LogP contribution in [0.15, 0.2) is 0 Å². The van der Waals surface area contributed by atoms with Crippen molar-refractivity contribution in [3.63, 3.8) is 0 Å². The Morgan fingerprint density at radius 3 is 2.74 bits per heavy atom. The van der Waals surface area contributed by atoms with Crippen LogP contribution in [0, 0.1) is 11.3 Å². The molecule has 2 rings (SSSR count). The summed E-state index contributed by atoms with van der Waals surface area (Å²) in [4.78, 5) is 14.4. The Labute approximate surface area is 117 Å². The molecule has 1 atom stereocenters. The van der Waals surface area contributed by atoms with Gasteiger partial charge in [-0.05, 0) is 71.6 Å². The Bertz CT molecular complexity index is 311. The first-order valence-corrected chi connectivity index (χ1v) is 7.74. The van der Waals surface area contributed by atoms with Crippen molar-refractivity contribution in [2.24, 2.45) is 11.3 Å². The molecule has 1 saturated heterocycles. The zero-order chi connectivity index (χ0) is 13.9. The Hall–Kier alpha value is -0.610. The quantitative estimate of drug-likeness (QED) is 0.711. The molecule has 4 nitrogen and oxygen atoms in total. The zero-order valence-corrected chi connectivity index (χ0v) is 12.7. The number of piperidine rings is 1. The van der Waals surface area contributed by atoms with Crippen LogP contribution < -0.4 is 10.6 Å². The van der Waals surface area contributed by atoms with E-state index in [0.29, 0.717) is 23.3 Å². The molecule has 1 aliphatic heterocycles. The Morgan fingerprint density at radius 2 is 2.11 bits per heavy atom. The molecule has 2 N–H and O–H groups in total. The molecule has 0 radical (unpaired) electrons. The van der Waals surface area contributed by atoms with E-state index in [1.165, 1.54) is 12.8 Å². The van der Waals surface area contributed by atoms with Gasteiger partial charge in [-0.15, -0.1) is 0 Å². The molecule has 0 bridgehead atoms. The fraction of sp³-hybridized carbons (Fsp3) is 0.933. The zero-order valence-electron chi connectivity index (χ0n) is 12.7. The van der Waals surface area contributed by atoms with Crippen LogP contribution >= 0.6 is 0 Å². The van der Waals surface area contributed by atoms with Crippen LogP contribution in [-0.4, -0.2) is 50.1 Å². The van der Waals surface area contributed by atoms with Crippen molar-refractivity contribution < 1.29 is 4.79 Å². The SMILES string of the molecule is CC(C)N(C)CCCNC(=O)C1CC12CCNCC2. The van der Waals surface area contributed by atoms with Crippen molar-refractivity contribution in [1.82, 2.24) is 15.5 Å². The summed E-state index contributed by atoms with van der Waals surface area (Å²) in [5.41, 5.74) is 0.365. The normalized spacial score (nSPS) is 25.0. The number of hydrogen-bond acceptors (Lipinski definition) is 3. The van der Waals surface area contributed by atoms with Gasteiger partial charge >= 0.3 is 0 Å². The first kappa shape index (κ1) is 14.8.